The monoisotopic (exact) mass is 356 g/mol. The molecule has 0 unspecified atom stereocenters. The van der Waals surface area contributed by atoms with Gasteiger partial charge in [-0.15, -0.1) is 0 Å². The number of methoxy groups -OCH3 is 1. The number of benzene rings is 2. The summed E-state index contributed by atoms with van der Waals surface area (Å²) in [5.74, 6) is 0.246. The molecule has 0 aromatic heterocycles. The lowest BCUT2D eigenvalue weighted by molar-refractivity contribution is -0.112. The van der Waals surface area contributed by atoms with E-state index >= 15 is 0 Å². The van der Waals surface area contributed by atoms with Crippen LogP contribution in [-0.2, 0) is 4.79 Å². The fourth-order valence-electron chi connectivity index (χ4n) is 1.78. The molecule has 0 fully saturated rings. The summed E-state index contributed by atoms with van der Waals surface area (Å²) >= 11 is 3.35. The van der Waals surface area contributed by atoms with E-state index < -0.39 is 5.91 Å². The number of ether oxygens (including phenoxy) is 1. The molecule has 0 spiro atoms. The number of amides is 1. The maximum absolute atomic E-state index is 12.1. The Kier molecular flexibility index (Phi) is 5.34. The highest BCUT2D eigenvalue weighted by molar-refractivity contribution is 9.10. The molecule has 0 aliphatic carbocycles. The van der Waals surface area contributed by atoms with Crippen LogP contribution in [0.25, 0.3) is 6.08 Å². The number of carbonyl (C=O) groups excluding carboxylic acids is 1. The first-order valence-corrected chi connectivity index (χ1v) is 7.24. The highest BCUT2D eigenvalue weighted by Gasteiger charge is 2.09. The maximum atomic E-state index is 12.1. The van der Waals surface area contributed by atoms with E-state index in [-0.39, 0.29) is 5.57 Å². The Bertz CT molecular complexity index is 746. The van der Waals surface area contributed by atoms with Crippen LogP contribution in [0.1, 0.15) is 5.56 Å². The summed E-state index contributed by atoms with van der Waals surface area (Å²) in [4.78, 5) is 12.1. The summed E-state index contributed by atoms with van der Waals surface area (Å²) < 4.78 is 5.94. The number of carbonyl (C=O) groups is 1. The summed E-state index contributed by atoms with van der Waals surface area (Å²) in [6.07, 6.45) is 1.55. The summed E-state index contributed by atoms with van der Waals surface area (Å²) in [6.45, 7) is 0. The molecule has 2 rings (SSSR count). The van der Waals surface area contributed by atoms with E-state index in [1.807, 2.05) is 30.3 Å². The Morgan fingerprint density at radius 2 is 2.00 bits per heavy atom. The van der Waals surface area contributed by atoms with Crippen molar-refractivity contribution in [2.45, 2.75) is 0 Å². The molecule has 0 aliphatic rings. The van der Waals surface area contributed by atoms with E-state index in [0.29, 0.717) is 11.4 Å². The Morgan fingerprint density at radius 3 is 2.59 bits per heavy atom. The van der Waals surface area contributed by atoms with Crippen LogP contribution in [0.2, 0.25) is 0 Å². The van der Waals surface area contributed by atoms with E-state index in [0.717, 1.165) is 10.0 Å². The van der Waals surface area contributed by atoms with Crippen molar-refractivity contribution in [3.8, 4) is 11.8 Å². The lowest BCUT2D eigenvalue weighted by Crippen LogP contribution is -2.13. The van der Waals surface area contributed by atoms with Crippen molar-refractivity contribution in [3.63, 3.8) is 0 Å². The van der Waals surface area contributed by atoms with E-state index in [4.69, 9.17) is 4.74 Å². The van der Waals surface area contributed by atoms with E-state index in [1.165, 1.54) is 0 Å². The first-order valence-electron chi connectivity index (χ1n) is 6.45. The van der Waals surface area contributed by atoms with Crippen molar-refractivity contribution in [3.05, 3.63) is 64.1 Å². The van der Waals surface area contributed by atoms with Crippen LogP contribution in [-0.4, -0.2) is 13.0 Å². The van der Waals surface area contributed by atoms with Gasteiger partial charge in [0, 0.05) is 10.2 Å². The van der Waals surface area contributed by atoms with Gasteiger partial charge in [0.2, 0.25) is 0 Å². The van der Waals surface area contributed by atoms with Crippen LogP contribution in [0.15, 0.2) is 58.6 Å². The Morgan fingerprint density at radius 1 is 1.27 bits per heavy atom. The van der Waals surface area contributed by atoms with Gasteiger partial charge in [-0.1, -0.05) is 28.1 Å². The van der Waals surface area contributed by atoms with Gasteiger partial charge in [-0.25, -0.2) is 0 Å². The molecule has 0 aliphatic heterocycles. The van der Waals surface area contributed by atoms with Crippen molar-refractivity contribution in [1.82, 2.24) is 0 Å². The molecule has 22 heavy (non-hydrogen) atoms. The molecule has 5 heteroatoms. The number of anilines is 1. The van der Waals surface area contributed by atoms with Gasteiger partial charge in [0.1, 0.15) is 17.4 Å². The molecule has 0 saturated carbocycles. The number of rotatable bonds is 4. The lowest BCUT2D eigenvalue weighted by atomic mass is 10.1. The average Bonchev–Trinajstić information content (AvgIpc) is 2.53. The Balaban J connectivity index is 2.16. The van der Waals surface area contributed by atoms with Gasteiger partial charge in [0.25, 0.3) is 5.91 Å². The second kappa shape index (κ2) is 7.43. The molecule has 0 saturated heterocycles. The minimum Gasteiger partial charge on any atom is -0.497 e. The van der Waals surface area contributed by atoms with Gasteiger partial charge in [0.05, 0.1) is 7.11 Å². The van der Waals surface area contributed by atoms with Gasteiger partial charge in [-0.2, -0.15) is 5.26 Å². The van der Waals surface area contributed by atoms with Crippen LogP contribution in [0.3, 0.4) is 0 Å². The maximum Gasteiger partial charge on any atom is 0.266 e. The zero-order valence-electron chi connectivity index (χ0n) is 11.8. The number of nitrogens with zero attached hydrogens (tertiary/aromatic N) is 1. The SMILES string of the molecule is COc1ccc(NC(=O)/C(C#N)=C\c2cccc(Br)c2)cc1. The van der Waals surface area contributed by atoms with Crippen LogP contribution < -0.4 is 10.1 Å². The summed E-state index contributed by atoms with van der Waals surface area (Å²) in [7, 11) is 1.57. The number of hydrogen-bond donors (Lipinski definition) is 1. The third-order valence-corrected chi connectivity index (χ3v) is 3.37. The quantitative estimate of drug-likeness (QED) is 0.665. The first kappa shape index (κ1) is 15.8. The molecule has 0 atom stereocenters. The number of nitrogens with one attached hydrogen (secondary N) is 1. The number of halogens is 1. The molecule has 1 amide bonds. The van der Waals surface area contributed by atoms with Gasteiger partial charge < -0.3 is 10.1 Å². The van der Waals surface area contributed by atoms with Gasteiger partial charge >= 0.3 is 0 Å². The van der Waals surface area contributed by atoms with Gasteiger partial charge in [-0.3, -0.25) is 4.79 Å². The predicted molar refractivity (Wildman–Crippen MR) is 89.4 cm³/mol. The molecular formula is C17H13BrN2O2. The Labute approximate surface area is 137 Å². The van der Waals surface area contributed by atoms with E-state index in [2.05, 4.69) is 21.2 Å². The van der Waals surface area contributed by atoms with Gasteiger partial charge in [0.15, 0.2) is 0 Å². The second-order valence-electron chi connectivity index (χ2n) is 4.41. The average molecular weight is 357 g/mol. The molecule has 0 heterocycles. The van der Waals surface area contributed by atoms with E-state index in [1.54, 1.807) is 37.5 Å². The topological polar surface area (TPSA) is 62.1 Å². The fourth-order valence-corrected chi connectivity index (χ4v) is 2.20. The minimum atomic E-state index is -0.451. The number of hydrogen-bond acceptors (Lipinski definition) is 3. The van der Waals surface area contributed by atoms with E-state index in [9.17, 15) is 10.1 Å². The smallest absolute Gasteiger partial charge is 0.266 e. The highest BCUT2D eigenvalue weighted by Crippen LogP contribution is 2.17. The molecule has 2 aromatic carbocycles. The van der Waals surface area contributed by atoms with Crippen LogP contribution in [0.4, 0.5) is 5.69 Å². The zero-order valence-corrected chi connectivity index (χ0v) is 13.4. The van der Waals surface area contributed by atoms with Crippen LogP contribution in [0, 0.1) is 11.3 Å². The molecule has 1 N–H and O–H groups in total. The van der Waals surface area contributed by atoms with Crippen molar-refractivity contribution < 1.29 is 9.53 Å². The summed E-state index contributed by atoms with van der Waals surface area (Å²) in [6, 6.07) is 16.2. The Hall–Kier alpha value is -2.58. The fraction of sp³-hybridized carbons (Fsp3) is 0.0588. The zero-order chi connectivity index (χ0) is 15.9. The minimum absolute atomic E-state index is 0.0360. The standard InChI is InChI=1S/C17H13BrN2O2/c1-22-16-7-5-15(6-8-16)20-17(21)13(11-19)9-12-3-2-4-14(18)10-12/h2-10H,1H3,(H,20,21)/b13-9-. The summed E-state index contributed by atoms with van der Waals surface area (Å²) in [5.41, 5.74) is 1.41. The molecular weight excluding hydrogens is 344 g/mol. The van der Waals surface area contributed by atoms with Gasteiger partial charge in [-0.05, 0) is 48.0 Å². The van der Waals surface area contributed by atoms with Crippen LogP contribution >= 0.6 is 15.9 Å². The summed E-state index contributed by atoms with van der Waals surface area (Å²) in [5, 5.41) is 11.9. The van der Waals surface area contributed by atoms with Crippen LogP contribution in [0.5, 0.6) is 5.75 Å². The molecule has 2 aromatic rings. The highest BCUT2D eigenvalue weighted by atomic mass is 79.9. The molecule has 0 radical (unpaired) electrons. The molecule has 4 nitrogen and oxygen atoms in total. The van der Waals surface area contributed by atoms with Crippen molar-refractivity contribution in [1.29, 1.82) is 5.26 Å². The molecule has 0 bridgehead atoms. The second-order valence-corrected chi connectivity index (χ2v) is 5.32. The van der Waals surface area contributed by atoms with Crippen molar-refractivity contribution in [2.75, 3.05) is 12.4 Å². The van der Waals surface area contributed by atoms with Crippen molar-refractivity contribution >= 4 is 33.6 Å². The first-order chi connectivity index (χ1) is 10.6. The normalized spacial score (nSPS) is 10.7. The largest absolute Gasteiger partial charge is 0.497 e. The molecule has 110 valence electrons. The number of nitriles is 1. The third kappa shape index (κ3) is 4.21. The third-order valence-electron chi connectivity index (χ3n) is 2.87. The van der Waals surface area contributed by atoms with Crippen molar-refractivity contribution in [2.24, 2.45) is 0 Å². The predicted octanol–water partition coefficient (Wildman–Crippen LogP) is 4.00. The lowest BCUT2D eigenvalue weighted by Gasteiger charge is -2.05.